The second-order valence-corrected chi connectivity index (χ2v) is 3.66. The van der Waals surface area contributed by atoms with Crippen molar-refractivity contribution in [2.45, 2.75) is 24.7 Å². The SMILES string of the molecule is COc1c(S)ccc(C(C)C)c1F. The van der Waals surface area contributed by atoms with Crippen molar-refractivity contribution in [2.75, 3.05) is 7.11 Å². The Morgan fingerprint density at radius 1 is 1.38 bits per heavy atom. The summed E-state index contributed by atoms with van der Waals surface area (Å²) in [5, 5.41) is 0. The maximum atomic E-state index is 13.6. The van der Waals surface area contributed by atoms with Crippen molar-refractivity contribution in [3.63, 3.8) is 0 Å². The summed E-state index contributed by atoms with van der Waals surface area (Å²) in [7, 11) is 1.45. The molecule has 1 aromatic rings. The molecule has 0 bridgehead atoms. The molecule has 3 heteroatoms. The number of rotatable bonds is 2. The van der Waals surface area contributed by atoms with Gasteiger partial charge in [0.15, 0.2) is 11.6 Å². The Kier molecular flexibility index (Phi) is 3.20. The summed E-state index contributed by atoms with van der Waals surface area (Å²) in [4.78, 5) is 0.532. The van der Waals surface area contributed by atoms with Crippen molar-refractivity contribution >= 4 is 12.6 Å². The quantitative estimate of drug-likeness (QED) is 0.721. The molecular formula is C10H13FOS. The van der Waals surface area contributed by atoms with Crippen molar-refractivity contribution in [3.8, 4) is 5.75 Å². The third-order valence-electron chi connectivity index (χ3n) is 1.93. The minimum absolute atomic E-state index is 0.155. The van der Waals surface area contributed by atoms with E-state index in [1.807, 2.05) is 13.8 Å². The summed E-state index contributed by atoms with van der Waals surface area (Å²) >= 11 is 4.10. The number of hydrogen-bond donors (Lipinski definition) is 1. The molecule has 0 aliphatic rings. The molecule has 0 spiro atoms. The first kappa shape index (κ1) is 10.4. The van der Waals surface area contributed by atoms with E-state index >= 15 is 0 Å². The summed E-state index contributed by atoms with van der Waals surface area (Å²) in [6, 6.07) is 3.49. The second kappa shape index (κ2) is 4.01. The van der Waals surface area contributed by atoms with E-state index in [-0.39, 0.29) is 17.5 Å². The lowest BCUT2D eigenvalue weighted by Gasteiger charge is -2.11. The maximum Gasteiger partial charge on any atom is 0.169 e. The Morgan fingerprint density at radius 2 is 2.00 bits per heavy atom. The predicted molar refractivity (Wildman–Crippen MR) is 54.3 cm³/mol. The minimum atomic E-state index is -0.301. The molecule has 0 fully saturated rings. The fraction of sp³-hybridized carbons (Fsp3) is 0.400. The highest BCUT2D eigenvalue weighted by Crippen LogP contribution is 2.31. The Labute approximate surface area is 83.3 Å². The van der Waals surface area contributed by atoms with Crippen LogP contribution in [0, 0.1) is 5.82 Å². The van der Waals surface area contributed by atoms with Crippen LogP contribution in [0.3, 0.4) is 0 Å². The van der Waals surface area contributed by atoms with Crippen LogP contribution in [0.25, 0.3) is 0 Å². The van der Waals surface area contributed by atoms with Crippen molar-refractivity contribution in [2.24, 2.45) is 0 Å². The van der Waals surface area contributed by atoms with Gasteiger partial charge in [-0.25, -0.2) is 4.39 Å². The zero-order chi connectivity index (χ0) is 10.0. The normalized spacial score (nSPS) is 10.6. The summed E-state index contributed by atoms with van der Waals surface area (Å²) in [6.07, 6.45) is 0. The Morgan fingerprint density at radius 3 is 2.46 bits per heavy atom. The molecule has 1 rings (SSSR count). The highest BCUT2D eigenvalue weighted by atomic mass is 32.1. The third kappa shape index (κ3) is 1.97. The Bertz CT molecular complexity index is 310. The molecular weight excluding hydrogens is 187 g/mol. The van der Waals surface area contributed by atoms with Crippen LogP contribution in [0.2, 0.25) is 0 Å². The average molecular weight is 200 g/mol. The van der Waals surface area contributed by atoms with E-state index in [9.17, 15) is 4.39 Å². The lowest BCUT2D eigenvalue weighted by molar-refractivity contribution is 0.373. The van der Waals surface area contributed by atoms with Crippen LogP contribution < -0.4 is 4.74 Å². The minimum Gasteiger partial charge on any atom is -0.492 e. The van der Waals surface area contributed by atoms with Gasteiger partial charge < -0.3 is 4.74 Å². The van der Waals surface area contributed by atoms with Crippen LogP contribution in [0.4, 0.5) is 4.39 Å². The van der Waals surface area contributed by atoms with Crippen LogP contribution in [0.5, 0.6) is 5.75 Å². The van der Waals surface area contributed by atoms with Gasteiger partial charge in [0, 0.05) is 4.90 Å². The number of ether oxygens (including phenoxy) is 1. The number of hydrogen-bond acceptors (Lipinski definition) is 2. The second-order valence-electron chi connectivity index (χ2n) is 3.18. The standard InChI is InChI=1S/C10H13FOS/c1-6(2)7-4-5-8(13)10(12-3)9(7)11/h4-6,13H,1-3H3. The van der Waals surface area contributed by atoms with Gasteiger partial charge in [-0.3, -0.25) is 0 Å². The lowest BCUT2D eigenvalue weighted by Crippen LogP contribution is -1.97. The van der Waals surface area contributed by atoms with E-state index in [0.29, 0.717) is 10.5 Å². The van der Waals surface area contributed by atoms with Gasteiger partial charge in [0.25, 0.3) is 0 Å². The smallest absolute Gasteiger partial charge is 0.169 e. The number of halogens is 1. The Balaban J connectivity index is 3.27. The molecule has 1 nitrogen and oxygen atoms in total. The fourth-order valence-electron chi connectivity index (χ4n) is 1.20. The van der Waals surface area contributed by atoms with Crippen LogP contribution in [0.15, 0.2) is 17.0 Å². The summed E-state index contributed by atoms with van der Waals surface area (Å²) in [6.45, 7) is 3.88. The van der Waals surface area contributed by atoms with Crippen LogP contribution >= 0.6 is 12.6 Å². The highest BCUT2D eigenvalue weighted by Gasteiger charge is 2.13. The molecule has 0 saturated heterocycles. The molecule has 0 atom stereocenters. The number of thiol groups is 1. The topological polar surface area (TPSA) is 9.23 Å². The van der Waals surface area contributed by atoms with Crippen molar-refractivity contribution in [1.82, 2.24) is 0 Å². The van der Waals surface area contributed by atoms with Gasteiger partial charge in [0.2, 0.25) is 0 Å². The zero-order valence-corrected chi connectivity index (χ0v) is 8.86. The molecule has 13 heavy (non-hydrogen) atoms. The summed E-state index contributed by atoms with van der Waals surface area (Å²) in [5.41, 5.74) is 0.662. The molecule has 0 amide bonds. The summed E-state index contributed by atoms with van der Waals surface area (Å²) in [5.74, 6) is 0.0855. The van der Waals surface area contributed by atoms with E-state index in [1.165, 1.54) is 7.11 Å². The first-order chi connectivity index (χ1) is 6.07. The van der Waals surface area contributed by atoms with E-state index in [2.05, 4.69) is 12.6 Å². The van der Waals surface area contributed by atoms with Gasteiger partial charge in [0.05, 0.1) is 7.11 Å². The average Bonchev–Trinajstić information content (AvgIpc) is 2.04. The molecule has 0 heterocycles. The van der Waals surface area contributed by atoms with Crippen LogP contribution in [0.1, 0.15) is 25.3 Å². The van der Waals surface area contributed by atoms with Crippen molar-refractivity contribution in [1.29, 1.82) is 0 Å². The molecule has 0 aliphatic heterocycles. The van der Waals surface area contributed by atoms with E-state index < -0.39 is 0 Å². The number of benzene rings is 1. The largest absolute Gasteiger partial charge is 0.492 e. The molecule has 0 unspecified atom stereocenters. The monoisotopic (exact) mass is 200 g/mol. The first-order valence-corrected chi connectivity index (χ1v) is 4.58. The van der Waals surface area contributed by atoms with E-state index in [0.717, 1.165) is 0 Å². The van der Waals surface area contributed by atoms with Gasteiger partial charge in [-0.1, -0.05) is 19.9 Å². The molecule has 72 valence electrons. The fourth-order valence-corrected chi connectivity index (χ4v) is 1.47. The van der Waals surface area contributed by atoms with Gasteiger partial charge in [-0.15, -0.1) is 12.6 Å². The van der Waals surface area contributed by atoms with E-state index in [1.54, 1.807) is 12.1 Å². The zero-order valence-electron chi connectivity index (χ0n) is 7.97. The van der Waals surface area contributed by atoms with E-state index in [4.69, 9.17) is 4.74 Å². The van der Waals surface area contributed by atoms with Crippen LogP contribution in [-0.2, 0) is 0 Å². The lowest BCUT2D eigenvalue weighted by atomic mass is 10.0. The first-order valence-electron chi connectivity index (χ1n) is 4.13. The number of methoxy groups -OCH3 is 1. The third-order valence-corrected chi connectivity index (χ3v) is 2.28. The molecule has 1 aromatic carbocycles. The molecule has 0 radical (unpaired) electrons. The van der Waals surface area contributed by atoms with Crippen molar-refractivity contribution < 1.29 is 9.13 Å². The molecule has 0 N–H and O–H groups in total. The van der Waals surface area contributed by atoms with Gasteiger partial charge in [-0.05, 0) is 17.5 Å². The highest BCUT2D eigenvalue weighted by molar-refractivity contribution is 7.80. The maximum absolute atomic E-state index is 13.6. The molecule has 0 aliphatic carbocycles. The molecule has 0 saturated carbocycles. The van der Waals surface area contributed by atoms with Crippen molar-refractivity contribution in [3.05, 3.63) is 23.5 Å². The van der Waals surface area contributed by atoms with Gasteiger partial charge in [0.1, 0.15) is 0 Å². The van der Waals surface area contributed by atoms with Gasteiger partial charge in [-0.2, -0.15) is 0 Å². The van der Waals surface area contributed by atoms with Gasteiger partial charge >= 0.3 is 0 Å². The predicted octanol–water partition coefficient (Wildman–Crippen LogP) is 3.25. The Hall–Kier alpha value is -0.700. The van der Waals surface area contributed by atoms with Crippen LogP contribution in [-0.4, -0.2) is 7.11 Å². The summed E-state index contributed by atoms with van der Waals surface area (Å²) < 4.78 is 18.5. The molecule has 0 aromatic heterocycles.